The number of hydrogen-bond donors (Lipinski definition) is 0. The summed E-state index contributed by atoms with van der Waals surface area (Å²) in [5.41, 5.74) is 0. The Kier molecular flexibility index (Phi) is 1.71. The predicted octanol–water partition coefficient (Wildman–Crippen LogP) is 3.04. The molecule has 0 saturated carbocycles. The van der Waals surface area contributed by atoms with Crippen molar-refractivity contribution in [2.75, 3.05) is 0 Å². The van der Waals surface area contributed by atoms with Crippen molar-refractivity contribution >= 4 is 29.0 Å². The lowest BCUT2D eigenvalue weighted by Crippen LogP contribution is -1.54. The van der Waals surface area contributed by atoms with Gasteiger partial charge in [-0.2, -0.15) is 0 Å². The maximum absolute atomic E-state index is 5.68. The van der Waals surface area contributed by atoms with Crippen LogP contribution >= 0.6 is 22.9 Å². The summed E-state index contributed by atoms with van der Waals surface area (Å²) in [7, 11) is 0. The van der Waals surface area contributed by atoms with Gasteiger partial charge in [0.15, 0.2) is 0 Å². The Morgan fingerprint density at radius 1 is 1.75 bits per heavy atom. The lowest BCUT2D eigenvalue weighted by Gasteiger charge is -1.80. The third-order valence-corrected chi connectivity index (χ3v) is 2.18. The summed E-state index contributed by atoms with van der Waals surface area (Å²) >= 11 is 7.28. The van der Waals surface area contributed by atoms with E-state index in [0.29, 0.717) is 0 Å². The Balaban J connectivity index is 3.09. The van der Waals surface area contributed by atoms with Crippen LogP contribution in [0.25, 0.3) is 6.08 Å². The lowest BCUT2D eigenvalue weighted by atomic mass is 10.5. The molecular formula is C6H5ClS. The molecule has 0 N–H and O–H groups in total. The fourth-order valence-electron chi connectivity index (χ4n) is 0.451. The van der Waals surface area contributed by atoms with Crippen LogP contribution in [0, 0.1) is 0 Å². The van der Waals surface area contributed by atoms with E-state index < -0.39 is 0 Å². The molecule has 0 aliphatic carbocycles. The zero-order valence-electron chi connectivity index (χ0n) is 4.23. The molecule has 1 aromatic heterocycles. The van der Waals surface area contributed by atoms with Crippen molar-refractivity contribution in [3.63, 3.8) is 0 Å². The highest BCUT2D eigenvalue weighted by molar-refractivity contribution is 7.11. The molecule has 0 nitrogen and oxygen atoms in total. The van der Waals surface area contributed by atoms with Crippen LogP contribution in [-0.2, 0) is 0 Å². The van der Waals surface area contributed by atoms with Gasteiger partial charge in [0.25, 0.3) is 0 Å². The number of thiophene rings is 1. The van der Waals surface area contributed by atoms with Gasteiger partial charge >= 0.3 is 0 Å². The largest absolute Gasteiger partial charge is 0.143 e. The third kappa shape index (κ3) is 0.932. The van der Waals surface area contributed by atoms with Gasteiger partial charge in [-0.05, 0) is 11.4 Å². The van der Waals surface area contributed by atoms with E-state index in [2.05, 4.69) is 6.58 Å². The van der Waals surface area contributed by atoms with Gasteiger partial charge in [-0.3, -0.25) is 0 Å². The molecule has 0 bridgehead atoms. The first kappa shape index (κ1) is 5.86. The lowest BCUT2D eigenvalue weighted by molar-refractivity contribution is 1.95. The van der Waals surface area contributed by atoms with Crippen molar-refractivity contribution in [3.8, 4) is 0 Å². The zero-order valence-corrected chi connectivity index (χ0v) is 5.80. The van der Waals surface area contributed by atoms with E-state index in [9.17, 15) is 0 Å². The van der Waals surface area contributed by atoms with Crippen molar-refractivity contribution in [1.82, 2.24) is 0 Å². The molecule has 1 aromatic rings. The molecule has 8 heavy (non-hydrogen) atoms. The average Bonchev–Trinajstić information content (AvgIpc) is 2.14. The number of rotatable bonds is 1. The molecular weight excluding hydrogens is 140 g/mol. The van der Waals surface area contributed by atoms with Gasteiger partial charge in [0.2, 0.25) is 0 Å². The maximum Gasteiger partial charge on any atom is 0.0585 e. The molecule has 0 fully saturated rings. The summed E-state index contributed by atoms with van der Waals surface area (Å²) in [5.74, 6) is 0. The molecule has 0 saturated heterocycles. The Bertz CT molecular complexity index is 190. The van der Waals surface area contributed by atoms with E-state index in [-0.39, 0.29) is 0 Å². The van der Waals surface area contributed by atoms with Crippen LogP contribution in [0.4, 0.5) is 0 Å². The number of halogens is 1. The first-order valence-corrected chi connectivity index (χ1v) is 3.46. The molecule has 0 spiro atoms. The van der Waals surface area contributed by atoms with Crippen LogP contribution in [0.3, 0.4) is 0 Å². The fraction of sp³-hybridized carbons (Fsp3) is 0. The minimum Gasteiger partial charge on any atom is -0.143 e. The molecule has 0 amide bonds. The minimum atomic E-state index is 0.796. The van der Waals surface area contributed by atoms with Gasteiger partial charge in [0.1, 0.15) is 0 Å². The summed E-state index contributed by atoms with van der Waals surface area (Å²) in [6.45, 7) is 3.59. The van der Waals surface area contributed by atoms with Gasteiger partial charge < -0.3 is 0 Å². The van der Waals surface area contributed by atoms with Crippen molar-refractivity contribution in [3.05, 3.63) is 27.9 Å². The first-order valence-electron chi connectivity index (χ1n) is 2.20. The predicted molar refractivity (Wildman–Crippen MR) is 39.4 cm³/mol. The monoisotopic (exact) mass is 144 g/mol. The average molecular weight is 145 g/mol. The minimum absolute atomic E-state index is 0.796. The van der Waals surface area contributed by atoms with Crippen LogP contribution in [0.1, 0.15) is 4.88 Å². The van der Waals surface area contributed by atoms with E-state index in [4.69, 9.17) is 11.6 Å². The summed E-state index contributed by atoms with van der Waals surface area (Å²) in [6.07, 6.45) is 1.76. The van der Waals surface area contributed by atoms with Gasteiger partial charge in [-0.1, -0.05) is 24.3 Å². The normalized spacial score (nSPS) is 9.12. The third-order valence-electron chi connectivity index (χ3n) is 0.830. The highest BCUT2D eigenvalue weighted by atomic mass is 35.5. The smallest absolute Gasteiger partial charge is 0.0585 e. The maximum atomic E-state index is 5.68. The van der Waals surface area contributed by atoms with E-state index in [1.54, 1.807) is 17.4 Å². The second-order valence-corrected chi connectivity index (χ2v) is 2.69. The molecule has 0 unspecified atom stereocenters. The van der Waals surface area contributed by atoms with Crippen molar-refractivity contribution in [2.24, 2.45) is 0 Å². The second kappa shape index (κ2) is 2.33. The highest BCUT2D eigenvalue weighted by Crippen LogP contribution is 2.22. The van der Waals surface area contributed by atoms with Crippen LogP contribution in [0.5, 0.6) is 0 Å². The highest BCUT2D eigenvalue weighted by Gasteiger charge is 1.92. The Hall–Kier alpha value is -0.270. The van der Waals surface area contributed by atoms with Crippen LogP contribution in [-0.4, -0.2) is 0 Å². The summed E-state index contributed by atoms with van der Waals surface area (Å²) in [4.78, 5) is 1.05. The van der Waals surface area contributed by atoms with Crippen LogP contribution < -0.4 is 0 Å². The Labute approximate surface area is 57.4 Å². The molecule has 0 aromatic carbocycles. The Morgan fingerprint density at radius 3 is 2.75 bits per heavy atom. The second-order valence-electron chi connectivity index (χ2n) is 1.34. The molecule has 2 heteroatoms. The van der Waals surface area contributed by atoms with Crippen molar-refractivity contribution in [1.29, 1.82) is 0 Å². The Morgan fingerprint density at radius 2 is 2.50 bits per heavy atom. The molecule has 0 radical (unpaired) electrons. The topological polar surface area (TPSA) is 0 Å². The van der Waals surface area contributed by atoms with Gasteiger partial charge in [-0.25, -0.2) is 0 Å². The van der Waals surface area contributed by atoms with Crippen LogP contribution in [0.15, 0.2) is 18.0 Å². The summed E-state index contributed by atoms with van der Waals surface area (Å²) in [5, 5.41) is 2.74. The molecule has 42 valence electrons. The quantitative estimate of drug-likeness (QED) is 0.569. The first-order chi connectivity index (χ1) is 3.84. The van der Waals surface area contributed by atoms with E-state index in [1.165, 1.54) is 0 Å². The van der Waals surface area contributed by atoms with Gasteiger partial charge in [0.05, 0.1) is 5.02 Å². The molecule has 1 heterocycles. The SMILES string of the molecule is C=Cc1sccc1Cl. The molecule has 0 aliphatic rings. The van der Waals surface area contributed by atoms with E-state index in [1.807, 2.05) is 11.4 Å². The van der Waals surface area contributed by atoms with E-state index in [0.717, 1.165) is 9.90 Å². The van der Waals surface area contributed by atoms with Gasteiger partial charge in [-0.15, -0.1) is 11.3 Å². The molecule has 0 aliphatic heterocycles. The van der Waals surface area contributed by atoms with Crippen molar-refractivity contribution < 1.29 is 0 Å². The van der Waals surface area contributed by atoms with Gasteiger partial charge in [0, 0.05) is 4.88 Å². The van der Waals surface area contributed by atoms with Crippen molar-refractivity contribution in [2.45, 2.75) is 0 Å². The van der Waals surface area contributed by atoms with E-state index >= 15 is 0 Å². The molecule has 1 rings (SSSR count). The number of hydrogen-bond acceptors (Lipinski definition) is 1. The summed E-state index contributed by atoms with van der Waals surface area (Å²) in [6, 6.07) is 1.86. The zero-order chi connectivity index (χ0) is 5.98. The fourth-order valence-corrected chi connectivity index (χ4v) is 1.43. The molecule has 0 atom stereocenters. The van der Waals surface area contributed by atoms with Crippen LogP contribution in [0.2, 0.25) is 5.02 Å². The standard InChI is InChI=1S/C6H5ClS/c1-2-6-5(7)3-4-8-6/h2-4H,1H2. The summed E-state index contributed by atoms with van der Waals surface area (Å²) < 4.78 is 0.